The maximum Gasteiger partial charge on any atom is 0.238 e. The van der Waals surface area contributed by atoms with Crippen molar-refractivity contribution in [2.24, 2.45) is 4.99 Å². The van der Waals surface area contributed by atoms with Crippen LogP contribution in [0.1, 0.15) is 18.4 Å². The second kappa shape index (κ2) is 11.6. The molecular formula is C26H23FIN3O2S. The van der Waals surface area contributed by atoms with E-state index in [9.17, 15) is 14.0 Å². The third-order valence-corrected chi connectivity index (χ3v) is 7.19. The molecule has 3 aromatic carbocycles. The van der Waals surface area contributed by atoms with Crippen molar-refractivity contribution >= 4 is 62.7 Å². The van der Waals surface area contributed by atoms with Crippen molar-refractivity contribution in [3.63, 3.8) is 0 Å². The highest BCUT2D eigenvalue weighted by Crippen LogP contribution is 2.30. The number of rotatable bonds is 7. The number of carbonyl (C=O) groups excluding carboxylic acids is 2. The lowest BCUT2D eigenvalue weighted by Gasteiger charge is -2.32. The zero-order valence-corrected chi connectivity index (χ0v) is 21.3. The van der Waals surface area contributed by atoms with Gasteiger partial charge in [0.05, 0.1) is 5.69 Å². The molecule has 0 aromatic heterocycles. The van der Waals surface area contributed by atoms with Gasteiger partial charge in [0.15, 0.2) is 5.17 Å². The average molecular weight is 587 g/mol. The van der Waals surface area contributed by atoms with Gasteiger partial charge in [0.25, 0.3) is 0 Å². The Labute approximate surface area is 216 Å². The zero-order valence-electron chi connectivity index (χ0n) is 18.3. The summed E-state index contributed by atoms with van der Waals surface area (Å²) in [5.41, 5.74) is 2.41. The van der Waals surface area contributed by atoms with E-state index in [1.165, 1.54) is 29.5 Å². The van der Waals surface area contributed by atoms with Gasteiger partial charge in [0.1, 0.15) is 11.1 Å². The van der Waals surface area contributed by atoms with E-state index in [4.69, 9.17) is 0 Å². The third kappa shape index (κ3) is 6.66. The van der Waals surface area contributed by atoms with E-state index >= 15 is 0 Å². The Morgan fingerprint density at radius 2 is 1.76 bits per heavy atom. The van der Waals surface area contributed by atoms with E-state index in [0.717, 1.165) is 16.4 Å². The topological polar surface area (TPSA) is 61.8 Å². The van der Waals surface area contributed by atoms with Crippen LogP contribution in [0, 0.1) is 9.39 Å². The van der Waals surface area contributed by atoms with E-state index in [2.05, 4.69) is 45.0 Å². The van der Waals surface area contributed by atoms with Crippen molar-refractivity contribution in [2.45, 2.75) is 24.5 Å². The molecule has 1 fully saturated rings. The minimum Gasteiger partial charge on any atom is -0.325 e. The van der Waals surface area contributed by atoms with Crippen molar-refractivity contribution in [1.29, 1.82) is 0 Å². The van der Waals surface area contributed by atoms with E-state index in [0.29, 0.717) is 23.1 Å². The summed E-state index contributed by atoms with van der Waals surface area (Å²) < 4.78 is 14.4. The quantitative estimate of drug-likeness (QED) is 0.344. The van der Waals surface area contributed by atoms with Gasteiger partial charge in [0.2, 0.25) is 11.8 Å². The molecule has 1 aliphatic heterocycles. The largest absolute Gasteiger partial charge is 0.325 e. The molecule has 0 aliphatic carbocycles. The highest BCUT2D eigenvalue weighted by Gasteiger charge is 2.35. The zero-order chi connectivity index (χ0) is 23.9. The fourth-order valence-corrected chi connectivity index (χ4v) is 5.01. The standard InChI is InChI=1S/C26H23FIN3O2S/c27-19-8-12-22(13-9-19)30-26-31(16-4-7-18-5-2-1-3-6-18)24(32)17-23(34-26)25(33)29-21-14-10-20(28)11-15-21/h1-3,5-6,8-15,23H,4,7,16-17H2,(H,29,33). The normalized spacial score (nSPS) is 17.1. The lowest BCUT2D eigenvalue weighted by molar-refractivity contribution is -0.129. The van der Waals surface area contributed by atoms with Gasteiger partial charge in [-0.05, 0) is 89.5 Å². The van der Waals surface area contributed by atoms with Gasteiger partial charge in [0, 0.05) is 22.2 Å². The smallest absolute Gasteiger partial charge is 0.238 e. The monoisotopic (exact) mass is 587 g/mol. The van der Waals surface area contributed by atoms with Crippen LogP contribution in [0.2, 0.25) is 0 Å². The average Bonchev–Trinajstić information content (AvgIpc) is 2.84. The summed E-state index contributed by atoms with van der Waals surface area (Å²) in [5, 5.41) is 2.75. The van der Waals surface area contributed by atoms with Crippen LogP contribution in [-0.2, 0) is 16.0 Å². The van der Waals surface area contributed by atoms with Gasteiger partial charge >= 0.3 is 0 Å². The van der Waals surface area contributed by atoms with Crippen molar-refractivity contribution in [3.8, 4) is 0 Å². The number of amidine groups is 1. The molecule has 1 aliphatic rings. The van der Waals surface area contributed by atoms with Crippen LogP contribution < -0.4 is 5.32 Å². The molecule has 0 bridgehead atoms. The number of aliphatic imine (C=N–C) groups is 1. The SMILES string of the molecule is O=C(Nc1ccc(I)cc1)C1CC(=O)N(CCCc2ccccc2)C(=Nc2ccc(F)cc2)S1. The molecule has 3 aromatic rings. The number of benzene rings is 3. The minimum atomic E-state index is -0.601. The summed E-state index contributed by atoms with van der Waals surface area (Å²) in [6.45, 7) is 0.492. The first-order valence-electron chi connectivity index (χ1n) is 10.9. The Kier molecular flexibility index (Phi) is 8.34. The summed E-state index contributed by atoms with van der Waals surface area (Å²) in [6.07, 6.45) is 1.68. The van der Waals surface area contributed by atoms with Crippen molar-refractivity contribution in [3.05, 3.63) is 93.8 Å². The Hall–Kier alpha value is -2.72. The fourth-order valence-electron chi connectivity index (χ4n) is 3.53. The Balaban J connectivity index is 1.50. The third-order valence-electron chi connectivity index (χ3n) is 5.29. The van der Waals surface area contributed by atoms with Crippen LogP contribution in [0.25, 0.3) is 0 Å². The number of nitrogens with one attached hydrogen (secondary N) is 1. The molecule has 5 nitrogen and oxygen atoms in total. The first-order valence-corrected chi connectivity index (χ1v) is 12.9. The van der Waals surface area contributed by atoms with Gasteiger partial charge in [-0.3, -0.25) is 14.5 Å². The maximum atomic E-state index is 13.4. The highest BCUT2D eigenvalue weighted by molar-refractivity contribution is 14.1. The minimum absolute atomic E-state index is 0.0919. The van der Waals surface area contributed by atoms with Gasteiger partial charge in [-0.1, -0.05) is 42.1 Å². The first kappa shape index (κ1) is 24.4. The number of aryl methyl sites for hydroxylation is 1. The molecule has 0 radical (unpaired) electrons. The lowest BCUT2D eigenvalue weighted by Crippen LogP contribution is -2.45. The number of nitrogens with zero attached hydrogens (tertiary/aromatic N) is 2. The van der Waals surface area contributed by atoms with Crippen molar-refractivity contribution in [2.75, 3.05) is 11.9 Å². The molecule has 2 amide bonds. The molecule has 4 rings (SSSR count). The second-order valence-corrected chi connectivity index (χ2v) is 10.2. The summed E-state index contributed by atoms with van der Waals surface area (Å²) in [5.74, 6) is -0.739. The number of halogens is 2. The molecule has 1 N–H and O–H groups in total. The summed E-state index contributed by atoms with van der Waals surface area (Å²) in [6, 6.07) is 23.3. The van der Waals surface area contributed by atoms with Gasteiger partial charge in [-0.25, -0.2) is 9.38 Å². The van der Waals surface area contributed by atoms with E-state index in [-0.39, 0.29) is 24.1 Å². The first-order chi connectivity index (χ1) is 16.5. The van der Waals surface area contributed by atoms with Crippen molar-refractivity contribution in [1.82, 2.24) is 4.90 Å². The predicted molar refractivity (Wildman–Crippen MR) is 144 cm³/mol. The van der Waals surface area contributed by atoms with Crippen LogP contribution in [0.5, 0.6) is 0 Å². The molecule has 1 unspecified atom stereocenters. The summed E-state index contributed by atoms with van der Waals surface area (Å²) >= 11 is 3.47. The maximum absolute atomic E-state index is 13.4. The van der Waals surface area contributed by atoms with Crippen LogP contribution in [0.4, 0.5) is 15.8 Å². The van der Waals surface area contributed by atoms with Crippen molar-refractivity contribution < 1.29 is 14.0 Å². The number of hydrogen-bond donors (Lipinski definition) is 1. The second-order valence-electron chi connectivity index (χ2n) is 7.81. The Bertz CT molecular complexity index is 1170. The van der Waals surface area contributed by atoms with E-state index in [1.54, 1.807) is 17.0 Å². The number of thioether (sulfide) groups is 1. The fraction of sp³-hybridized carbons (Fsp3) is 0.192. The highest BCUT2D eigenvalue weighted by atomic mass is 127. The summed E-state index contributed by atoms with van der Waals surface area (Å²) in [4.78, 5) is 32.3. The molecule has 1 heterocycles. The van der Waals surface area contributed by atoms with Crippen LogP contribution >= 0.6 is 34.4 Å². The molecular weight excluding hydrogens is 564 g/mol. The van der Waals surface area contributed by atoms with E-state index < -0.39 is 5.25 Å². The molecule has 174 valence electrons. The van der Waals surface area contributed by atoms with Gasteiger partial charge in [-0.2, -0.15) is 0 Å². The summed E-state index contributed by atoms with van der Waals surface area (Å²) in [7, 11) is 0. The van der Waals surface area contributed by atoms with Crippen LogP contribution in [0.15, 0.2) is 83.9 Å². The number of carbonyl (C=O) groups is 2. The molecule has 1 saturated heterocycles. The predicted octanol–water partition coefficient (Wildman–Crippen LogP) is 6.02. The number of hydrogen-bond acceptors (Lipinski definition) is 4. The molecule has 1 atom stereocenters. The van der Waals surface area contributed by atoms with Crippen LogP contribution in [-0.4, -0.2) is 33.7 Å². The van der Waals surface area contributed by atoms with E-state index in [1.807, 2.05) is 42.5 Å². The molecule has 8 heteroatoms. The Morgan fingerprint density at radius 1 is 1.06 bits per heavy atom. The molecule has 0 saturated carbocycles. The molecule has 34 heavy (non-hydrogen) atoms. The lowest BCUT2D eigenvalue weighted by atomic mass is 10.1. The number of anilines is 1. The van der Waals surface area contributed by atoms with Gasteiger partial charge in [-0.15, -0.1) is 0 Å². The van der Waals surface area contributed by atoms with Gasteiger partial charge < -0.3 is 5.32 Å². The molecule has 0 spiro atoms. The van der Waals surface area contributed by atoms with Crippen LogP contribution in [0.3, 0.4) is 0 Å². The Morgan fingerprint density at radius 3 is 2.47 bits per heavy atom. The number of amides is 2.